The zero-order valence-electron chi connectivity index (χ0n) is 7.37. The number of nitrogens with one attached hydrogen (secondary N) is 2. The average molecular weight is 180 g/mol. The van der Waals surface area contributed by atoms with Gasteiger partial charge in [-0.1, -0.05) is 6.08 Å². The van der Waals surface area contributed by atoms with Gasteiger partial charge in [0, 0.05) is 12.1 Å². The van der Waals surface area contributed by atoms with Crippen LogP contribution in [0.2, 0.25) is 0 Å². The molecule has 0 radical (unpaired) electrons. The van der Waals surface area contributed by atoms with E-state index in [0.717, 1.165) is 5.56 Å². The molecule has 0 saturated heterocycles. The molecule has 13 heavy (non-hydrogen) atoms. The molecule has 5 heteroatoms. The smallest absolute Gasteiger partial charge is 0.243 e. The summed E-state index contributed by atoms with van der Waals surface area (Å²) in [4.78, 5) is 11.0. The Morgan fingerprint density at radius 2 is 2.62 bits per heavy atom. The van der Waals surface area contributed by atoms with Crippen molar-refractivity contribution in [2.45, 2.75) is 13.5 Å². The molecule has 1 heterocycles. The average Bonchev–Trinajstić information content (AvgIpc) is 2.48. The number of aromatic nitrogens is 2. The molecule has 1 aromatic rings. The highest BCUT2D eigenvalue weighted by atomic mass is 16.1. The zero-order valence-corrected chi connectivity index (χ0v) is 7.37. The number of carbonyl (C=O) groups excluding carboxylic acids is 1. The third-order valence-electron chi connectivity index (χ3n) is 1.52. The second kappa shape index (κ2) is 4.30. The van der Waals surface area contributed by atoms with E-state index in [-0.39, 0.29) is 5.91 Å². The molecule has 0 unspecified atom stereocenters. The molecule has 0 saturated carbocycles. The van der Waals surface area contributed by atoms with Crippen molar-refractivity contribution in [3.63, 3.8) is 0 Å². The summed E-state index contributed by atoms with van der Waals surface area (Å²) in [6, 6.07) is 0. The monoisotopic (exact) mass is 180 g/mol. The number of allylic oxidation sites excluding steroid dienone is 1. The maximum atomic E-state index is 11.0. The molecule has 1 aromatic heterocycles. The molecular formula is C8H12N4O. The summed E-state index contributed by atoms with van der Waals surface area (Å²) in [5, 5.41) is 8.97. The van der Waals surface area contributed by atoms with Gasteiger partial charge in [0.25, 0.3) is 0 Å². The number of aromatic amines is 1. The number of nitrogens with zero attached hydrogens (tertiary/aromatic N) is 1. The summed E-state index contributed by atoms with van der Waals surface area (Å²) in [5.41, 5.74) is 6.30. The van der Waals surface area contributed by atoms with Gasteiger partial charge < -0.3 is 11.1 Å². The lowest BCUT2D eigenvalue weighted by molar-refractivity contribution is -0.116. The van der Waals surface area contributed by atoms with E-state index in [2.05, 4.69) is 15.5 Å². The number of nitrogen functional groups attached to an aromatic ring is 1. The van der Waals surface area contributed by atoms with Gasteiger partial charge in [-0.15, -0.1) is 0 Å². The molecule has 0 atom stereocenters. The van der Waals surface area contributed by atoms with Gasteiger partial charge in [-0.25, -0.2) is 0 Å². The molecule has 4 N–H and O–H groups in total. The Balaban J connectivity index is 2.44. The van der Waals surface area contributed by atoms with E-state index in [1.807, 2.05) is 0 Å². The summed E-state index contributed by atoms with van der Waals surface area (Å²) in [7, 11) is 0. The highest BCUT2D eigenvalue weighted by Crippen LogP contribution is 2.04. The first kappa shape index (κ1) is 9.31. The molecule has 0 aliphatic carbocycles. The Morgan fingerprint density at radius 3 is 3.15 bits per heavy atom. The number of anilines is 1. The second-order valence-electron chi connectivity index (χ2n) is 2.53. The van der Waals surface area contributed by atoms with Crippen LogP contribution in [-0.4, -0.2) is 16.1 Å². The maximum Gasteiger partial charge on any atom is 0.243 e. The Bertz CT molecular complexity index is 316. The minimum atomic E-state index is -0.136. The van der Waals surface area contributed by atoms with Gasteiger partial charge in [0.2, 0.25) is 5.91 Å². The van der Waals surface area contributed by atoms with Crippen molar-refractivity contribution in [1.29, 1.82) is 0 Å². The van der Waals surface area contributed by atoms with Crippen molar-refractivity contribution in [3.8, 4) is 0 Å². The first-order chi connectivity index (χ1) is 6.24. The first-order valence-electron chi connectivity index (χ1n) is 3.92. The topological polar surface area (TPSA) is 83.8 Å². The molecule has 1 rings (SSSR count). The summed E-state index contributed by atoms with van der Waals surface area (Å²) < 4.78 is 0. The number of nitrogens with two attached hydrogens (primary N) is 1. The third kappa shape index (κ3) is 2.62. The molecular weight excluding hydrogens is 168 g/mol. The normalized spacial score (nSPS) is 10.5. The van der Waals surface area contributed by atoms with Crippen LogP contribution in [0.5, 0.6) is 0 Å². The first-order valence-corrected chi connectivity index (χ1v) is 3.92. The van der Waals surface area contributed by atoms with Crippen LogP contribution in [-0.2, 0) is 11.3 Å². The van der Waals surface area contributed by atoms with Gasteiger partial charge in [-0.3, -0.25) is 9.89 Å². The summed E-state index contributed by atoms with van der Waals surface area (Å²) in [5.74, 6) is 0.351. The molecule has 0 aliphatic heterocycles. The Hall–Kier alpha value is -1.78. The van der Waals surface area contributed by atoms with Crippen molar-refractivity contribution in [2.24, 2.45) is 0 Å². The fourth-order valence-corrected chi connectivity index (χ4v) is 0.855. The van der Waals surface area contributed by atoms with E-state index in [9.17, 15) is 4.79 Å². The maximum absolute atomic E-state index is 11.0. The van der Waals surface area contributed by atoms with E-state index in [1.165, 1.54) is 6.08 Å². The van der Waals surface area contributed by atoms with Crippen LogP contribution in [0.25, 0.3) is 0 Å². The van der Waals surface area contributed by atoms with Crippen LogP contribution in [0.3, 0.4) is 0 Å². The molecule has 0 spiro atoms. The quantitative estimate of drug-likeness (QED) is 0.580. The lowest BCUT2D eigenvalue weighted by atomic mass is 10.3. The lowest BCUT2D eigenvalue weighted by Crippen LogP contribution is -2.20. The molecule has 0 bridgehead atoms. The van der Waals surface area contributed by atoms with Crippen molar-refractivity contribution in [1.82, 2.24) is 15.5 Å². The van der Waals surface area contributed by atoms with Crippen LogP contribution < -0.4 is 11.1 Å². The number of hydrogen-bond acceptors (Lipinski definition) is 3. The van der Waals surface area contributed by atoms with Crippen molar-refractivity contribution in [2.75, 3.05) is 5.73 Å². The van der Waals surface area contributed by atoms with Crippen LogP contribution in [0.1, 0.15) is 12.5 Å². The van der Waals surface area contributed by atoms with Gasteiger partial charge in [0.15, 0.2) is 0 Å². The van der Waals surface area contributed by atoms with Gasteiger partial charge >= 0.3 is 0 Å². The van der Waals surface area contributed by atoms with Gasteiger partial charge in [0.05, 0.1) is 6.20 Å². The lowest BCUT2D eigenvalue weighted by Gasteiger charge is -1.99. The van der Waals surface area contributed by atoms with Crippen LogP contribution >= 0.6 is 0 Å². The van der Waals surface area contributed by atoms with Crippen LogP contribution in [0, 0.1) is 0 Å². The van der Waals surface area contributed by atoms with Crippen LogP contribution in [0.4, 0.5) is 5.82 Å². The Labute approximate surface area is 76.0 Å². The van der Waals surface area contributed by atoms with E-state index < -0.39 is 0 Å². The summed E-state index contributed by atoms with van der Waals surface area (Å²) in [6.07, 6.45) is 4.72. The minimum Gasteiger partial charge on any atom is -0.384 e. The molecule has 5 nitrogen and oxygen atoms in total. The SMILES string of the molecule is CC=CC(=O)NCc1cn[nH]c1N. The Morgan fingerprint density at radius 1 is 1.85 bits per heavy atom. The highest BCUT2D eigenvalue weighted by Gasteiger charge is 2.01. The van der Waals surface area contributed by atoms with E-state index in [4.69, 9.17) is 5.73 Å². The largest absolute Gasteiger partial charge is 0.384 e. The standard InChI is InChI=1S/C8H12N4O/c1-2-3-7(13)10-4-6-5-11-12-8(6)9/h2-3,5H,4H2,1H3,(H,10,13)(H3,9,11,12). The third-order valence-corrected chi connectivity index (χ3v) is 1.52. The fraction of sp³-hybridized carbons (Fsp3) is 0.250. The predicted octanol–water partition coefficient (Wildman–Crippen LogP) is 0.184. The molecule has 1 amide bonds. The van der Waals surface area contributed by atoms with Crippen molar-refractivity contribution >= 4 is 11.7 Å². The zero-order chi connectivity index (χ0) is 9.68. The number of rotatable bonds is 3. The highest BCUT2D eigenvalue weighted by molar-refractivity contribution is 5.87. The van der Waals surface area contributed by atoms with Crippen LogP contribution in [0.15, 0.2) is 18.3 Å². The van der Waals surface area contributed by atoms with Gasteiger partial charge in [-0.05, 0) is 13.0 Å². The number of carbonyl (C=O) groups is 1. The molecule has 0 aromatic carbocycles. The minimum absolute atomic E-state index is 0.136. The van der Waals surface area contributed by atoms with E-state index in [0.29, 0.717) is 12.4 Å². The number of amides is 1. The second-order valence-corrected chi connectivity index (χ2v) is 2.53. The molecule has 0 fully saturated rings. The van der Waals surface area contributed by atoms with Crippen molar-refractivity contribution in [3.05, 3.63) is 23.9 Å². The van der Waals surface area contributed by atoms with Gasteiger partial charge in [0.1, 0.15) is 5.82 Å². The predicted molar refractivity (Wildman–Crippen MR) is 49.7 cm³/mol. The molecule has 70 valence electrons. The Kier molecular flexibility index (Phi) is 3.08. The van der Waals surface area contributed by atoms with Gasteiger partial charge in [-0.2, -0.15) is 5.10 Å². The number of hydrogen-bond donors (Lipinski definition) is 3. The summed E-state index contributed by atoms with van der Waals surface area (Å²) in [6.45, 7) is 2.18. The van der Waals surface area contributed by atoms with E-state index in [1.54, 1.807) is 19.2 Å². The van der Waals surface area contributed by atoms with Crippen molar-refractivity contribution < 1.29 is 4.79 Å². The van der Waals surface area contributed by atoms with E-state index >= 15 is 0 Å². The number of H-pyrrole nitrogens is 1. The fourth-order valence-electron chi connectivity index (χ4n) is 0.855. The molecule has 0 aliphatic rings. The summed E-state index contributed by atoms with van der Waals surface area (Å²) >= 11 is 0.